The summed E-state index contributed by atoms with van der Waals surface area (Å²) in [6, 6.07) is 2.57. The van der Waals surface area contributed by atoms with Crippen LogP contribution in [0, 0.1) is 5.95 Å². The van der Waals surface area contributed by atoms with Gasteiger partial charge in [0.15, 0.2) is 0 Å². The van der Waals surface area contributed by atoms with Crippen molar-refractivity contribution in [3.63, 3.8) is 0 Å². The van der Waals surface area contributed by atoms with Crippen LogP contribution in [0.3, 0.4) is 0 Å². The molecular formula is C11H12FN5O. The number of aryl methyl sites for hydroxylation is 1. The normalized spacial score (nSPS) is 10.3. The van der Waals surface area contributed by atoms with E-state index in [0.717, 1.165) is 18.3 Å². The molecule has 0 fully saturated rings. The Labute approximate surface area is 103 Å². The second kappa shape index (κ2) is 5.85. The maximum Gasteiger partial charge on any atom is 0.251 e. The number of nitrogens with zero attached hydrogens (tertiary/aromatic N) is 3. The summed E-state index contributed by atoms with van der Waals surface area (Å²) in [6.07, 6.45) is 4.13. The van der Waals surface area contributed by atoms with Crippen molar-refractivity contribution < 1.29 is 9.18 Å². The summed E-state index contributed by atoms with van der Waals surface area (Å²) in [5.41, 5.74) is 0.266. The van der Waals surface area contributed by atoms with Crippen LogP contribution in [0.15, 0.2) is 24.7 Å². The molecule has 1 amide bonds. The van der Waals surface area contributed by atoms with Crippen molar-refractivity contribution in [1.29, 1.82) is 0 Å². The Balaban J connectivity index is 1.75. The molecule has 2 rings (SSSR count). The SMILES string of the molecule is O=C(NCCCc1ncn[nH]1)c1ccnc(F)c1. The Morgan fingerprint density at radius 2 is 2.33 bits per heavy atom. The highest BCUT2D eigenvalue weighted by molar-refractivity contribution is 5.93. The maximum atomic E-state index is 12.8. The second-order valence-corrected chi connectivity index (χ2v) is 3.66. The third kappa shape index (κ3) is 3.34. The van der Waals surface area contributed by atoms with Gasteiger partial charge in [-0.15, -0.1) is 0 Å². The van der Waals surface area contributed by atoms with Gasteiger partial charge in [0.25, 0.3) is 5.91 Å². The van der Waals surface area contributed by atoms with Crippen molar-refractivity contribution in [2.24, 2.45) is 0 Å². The van der Waals surface area contributed by atoms with Crippen molar-refractivity contribution in [3.8, 4) is 0 Å². The number of H-pyrrole nitrogens is 1. The van der Waals surface area contributed by atoms with E-state index in [-0.39, 0.29) is 11.5 Å². The van der Waals surface area contributed by atoms with E-state index in [1.165, 1.54) is 18.6 Å². The average molecular weight is 249 g/mol. The van der Waals surface area contributed by atoms with Crippen LogP contribution in [0.5, 0.6) is 0 Å². The molecule has 0 saturated carbocycles. The zero-order chi connectivity index (χ0) is 12.8. The lowest BCUT2D eigenvalue weighted by atomic mass is 10.2. The minimum atomic E-state index is -0.663. The predicted molar refractivity (Wildman–Crippen MR) is 61.2 cm³/mol. The summed E-state index contributed by atoms with van der Waals surface area (Å²) in [4.78, 5) is 19.0. The van der Waals surface area contributed by atoms with Gasteiger partial charge < -0.3 is 5.32 Å². The van der Waals surface area contributed by atoms with Crippen LogP contribution in [0.1, 0.15) is 22.6 Å². The predicted octanol–water partition coefficient (Wildman–Crippen LogP) is 0.701. The van der Waals surface area contributed by atoms with Gasteiger partial charge in [-0.25, -0.2) is 9.97 Å². The van der Waals surface area contributed by atoms with Crippen molar-refractivity contribution in [1.82, 2.24) is 25.5 Å². The minimum Gasteiger partial charge on any atom is -0.352 e. The molecule has 0 unspecified atom stereocenters. The Hall–Kier alpha value is -2.31. The molecule has 0 spiro atoms. The minimum absolute atomic E-state index is 0.266. The number of aromatic nitrogens is 4. The molecule has 94 valence electrons. The van der Waals surface area contributed by atoms with Gasteiger partial charge >= 0.3 is 0 Å². The fourth-order valence-electron chi connectivity index (χ4n) is 1.45. The van der Waals surface area contributed by atoms with E-state index in [1.807, 2.05) is 0 Å². The first kappa shape index (κ1) is 12.2. The molecule has 0 atom stereocenters. The number of hydrogen-bond donors (Lipinski definition) is 2. The van der Waals surface area contributed by atoms with E-state index in [0.29, 0.717) is 13.0 Å². The standard InChI is InChI=1S/C11H12FN5O/c12-9-6-8(3-5-13-9)11(18)14-4-1-2-10-15-7-16-17-10/h3,5-7H,1-2,4H2,(H,14,18)(H,15,16,17). The number of carbonyl (C=O) groups excluding carboxylic acids is 1. The molecule has 0 aromatic carbocycles. The largest absolute Gasteiger partial charge is 0.352 e. The molecule has 2 heterocycles. The summed E-state index contributed by atoms with van der Waals surface area (Å²) < 4.78 is 12.8. The number of rotatable bonds is 5. The molecule has 7 heteroatoms. The van der Waals surface area contributed by atoms with E-state index in [2.05, 4.69) is 25.5 Å². The van der Waals surface area contributed by atoms with Crippen molar-refractivity contribution in [3.05, 3.63) is 42.0 Å². The van der Waals surface area contributed by atoms with Crippen molar-refractivity contribution in [2.75, 3.05) is 6.54 Å². The summed E-state index contributed by atoms with van der Waals surface area (Å²) in [5, 5.41) is 9.15. The number of amides is 1. The van der Waals surface area contributed by atoms with E-state index in [1.54, 1.807) is 0 Å². The monoisotopic (exact) mass is 249 g/mol. The molecule has 0 bridgehead atoms. The summed E-state index contributed by atoms with van der Waals surface area (Å²) in [5.74, 6) is -0.197. The van der Waals surface area contributed by atoms with Crippen LogP contribution in [-0.2, 0) is 6.42 Å². The van der Waals surface area contributed by atoms with Gasteiger partial charge in [-0.1, -0.05) is 0 Å². The molecular weight excluding hydrogens is 237 g/mol. The third-order valence-corrected chi connectivity index (χ3v) is 2.33. The molecule has 0 aliphatic rings. The lowest BCUT2D eigenvalue weighted by Crippen LogP contribution is -2.25. The Kier molecular flexibility index (Phi) is 3.95. The first-order valence-corrected chi connectivity index (χ1v) is 5.49. The topological polar surface area (TPSA) is 83.6 Å². The van der Waals surface area contributed by atoms with Gasteiger partial charge in [-0.05, 0) is 12.5 Å². The van der Waals surface area contributed by atoms with Crippen LogP contribution in [-0.4, -0.2) is 32.6 Å². The van der Waals surface area contributed by atoms with Gasteiger partial charge in [-0.2, -0.15) is 9.49 Å². The van der Waals surface area contributed by atoms with Gasteiger partial charge in [0.1, 0.15) is 12.2 Å². The first-order chi connectivity index (χ1) is 8.75. The number of aromatic amines is 1. The van der Waals surface area contributed by atoms with E-state index in [9.17, 15) is 9.18 Å². The molecule has 6 nitrogen and oxygen atoms in total. The fourth-order valence-corrected chi connectivity index (χ4v) is 1.45. The fraction of sp³-hybridized carbons (Fsp3) is 0.273. The molecule has 0 saturated heterocycles. The smallest absolute Gasteiger partial charge is 0.251 e. The van der Waals surface area contributed by atoms with Crippen LogP contribution < -0.4 is 5.32 Å². The number of carbonyl (C=O) groups is 1. The number of halogens is 1. The van der Waals surface area contributed by atoms with E-state index < -0.39 is 5.95 Å². The molecule has 0 radical (unpaired) electrons. The Morgan fingerprint density at radius 3 is 3.06 bits per heavy atom. The molecule has 0 aliphatic carbocycles. The van der Waals surface area contributed by atoms with Gasteiger partial charge in [0.05, 0.1) is 0 Å². The third-order valence-electron chi connectivity index (χ3n) is 2.33. The average Bonchev–Trinajstić information content (AvgIpc) is 2.87. The number of hydrogen-bond acceptors (Lipinski definition) is 4. The van der Waals surface area contributed by atoms with Crippen molar-refractivity contribution in [2.45, 2.75) is 12.8 Å². The molecule has 2 aromatic rings. The van der Waals surface area contributed by atoms with Crippen LogP contribution in [0.25, 0.3) is 0 Å². The number of nitrogens with one attached hydrogen (secondary N) is 2. The summed E-state index contributed by atoms with van der Waals surface area (Å²) in [7, 11) is 0. The Morgan fingerprint density at radius 1 is 1.44 bits per heavy atom. The lowest BCUT2D eigenvalue weighted by molar-refractivity contribution is 0.0952. The van der Waals surface area contributed by atoms with Gasteiger partial charge in [0.2, 0.25) is 5.95 Å². The summed E-state index contributed by atoms with van der Waals surface area (Å²) in [6.45, 7) is 0.490. The highest BCUT2D eigenvalue weighted by atomic mass is 19.1. The molecule has 0 aliphatic heterocycles. The van der Waals surface area contributed by atoms with E-state index in [4.69, 9.17) is 0 Å². The maximum absolute atomic E-state index is 12.8. The van der Waals surface area contributed by atoms with Crippen molar-refractivity contribution >= 4 is 5.91 Å². The van der Waals surface area contributed by atoms with Gasteiger partial charge in [0, 0.05) is 30.8 Å². The second-order valence-electron chi connectivity index (χ2n) is 3.66. The van der Waals surface area contributed by atoms with Gasteiger partial charge in [-0.3, -0.25) is 9.89 Å². The van der Waals surface area contributed by atoms with E-state index >= 15 is 0 Å². The van der Waals surface area contributed by atoms with Crippen LogP contribution in [0.4, 0.5) is 4.39 Å². The quantitative estimate of drug-likeness (QED) is 0.603. The summed E-state index contributed by atoms with van der Waals surface area (Å²) >= 11 is 0. The lowest BCUT2D eigenvalue weighted by Gasteiger charge is -2.04. The Bertz CT molecular complexity index is 514. The first-order valence-electron chi connectivity index (χ1n) is 5.49. The highest BCUT2D eigenvalue weighted by Crippen LogP contribution is 2.00. The highest BCUT2D eigenvalue weighted by Gasteiger charge is 2.06. The molecule has 2 N–H and O–H groups in total. The van der Waals surface area contributed by atoms with Crippen LogP contribution in [0.2, 0.25) is 0 Å². The number of pyridine rings is 1. The zero-order valence-electron chi connectivity index (χ0n) is 9.56. The molecule has 2 aromatic heterocycles. The molecule has 18 heavy (non-hydrogen) atoms. The van der Waals surface area contributed by atoms with Crippen LogP contribution >= 0.6 is 0 Å². The zero-order valence-corrected chi connectivity index (χ0v) is 9.56.